The van der Waals surface area contributed by atoms with Crippen LogP contribution in [0.2, 0.25) is 0 Å². The van der Waals surface area contributed by atoms with Crippen molar-refractivity contribution in [2.24, 2.45) is 5.92 Å². The largest absolute Gasteiger partial charge is 0.459 e. The molecular formula is C25H28N2O5. The van der Waals surface area contributed by atoms with Crippen molar-refractivity contribution in [1.29, 1.82) is 0 Å². The first-order chi connectivity index (χ1) is 15.2. The Kier molecular flexibility index (Phi) is 7.30. The minimum Gasteiger partial charge on any atom is -0.459 e. The summed E-state index contributed by atoms with van der Waals surface area (Å²) >= 11 is 0. The molecule has 3 aromatic rings. The Hall–Kier alpha value is -3.61. The van der Waals surface area contributed by atoms with E-state index in [-0.39, 0.29) is 11.8 Å². The van der Waals surface area contributed by atoms with E-state index in [0.29, 0.717) is 11.3 Å². The Morgan fingerprint density at radius 1 is 0.969 bits per heavy atom. The molecule has 0 bridgehead atoms. The predicted octanol–water partition coefficient (Wildman–Crippen LogP) is 3.92. The molecule has 3 rings (SSSR count). The topological polar surface area (TPSA) is 97.6 Å². The van der Waals surface area contributed by atoms with Crippen LogP contribution in [0.3, 0.4) is 0 Å². The zero-order valence-corrected chi connectivity index (χ0v) is 18.7. The van der Waals surface area contributed by atoms with E-state index in [0.717, 1.165) is 16.5 Å². The molecule has 0 saturated heterocycles. The van der Waals surface area contributed by atoms with Crippen molar-refractivity contribution >= 4 is 28.8 Å². The smallest absolute Gasteiger partial charge is 0.329 e. The molecule has 2 amide bonds. The summed E-state index contributed by atoms with van der Waals surface area (Å²) < 4.78 is 10.9. The summed E-state index contributed by atoms with van der Waals surface area (Å²) in [5, 5.41) is 6.40. The monoisotopic (exact) mass is 436 g/mol. The van der Waals surface area contributed by atoms with Gasteiger partial charge in [0.1, 0.15) is 17.4 Å². The van der Waals surface area contributed by atoms with Crippen molar-refractivity contribution in [3.63, 3.8) is 0 Å². The molecule has 2 aromatic carbocycles. The summed E-state index contributed by atoms with van der Waals surface area (Å²) in [5.41, 5.74) is 2.14. The molecule has 7 heteroatoms. The summed E-state index contributed by atoms with van der Waals surface area (Å²) in [6.45, 7) is 6.82. The van der Waals surface area contributed by atoms with Gasteiger partial charge in [0, 0.05) is 10.9 Å². The molecule has 2 N–H and O–H groups in total. The lowest BCUT2D eigenvalue weighted by molar-refractivity contribution is -0.151. The fraction of sp³-hybridized carbons (Fsp3) is 0.320. The zero-order chi connectivity index (χ0) is 23.3. The van der Waals surface area contributed by atoms with Gasteiger partial charge < -0.3 is 19.8 Å². The van der Waals surface area contributed by atoms with Gasteiger partial charge in [-0.05, 0) is 44.0 Å². The highest BCUT2D eigenvalue weighted by Gasteiger charge is 2.27. The van der Waals surface area contributed by atoms with E-state index >= 15 is 0 Å². The Balaban J connectivity index is 1.54. The van der Waals surface area contributed by atoms with Gasteiger partial charge in [-0.1, -0.05) is 49.7 Å². The normalized spacial score (nSPS) is 12.9. The van der Waals surface area contributed by atoms with Gasteiger partial charge in [0.15, 0.2) is 6.61 Å². The van der Waals surface area contributed by atoms with E-state index in [4.69, 9.17) is 9.15 Å². The van der Waals surface area contributed by atoms with Crippen LogP contribution >= 0.6 is 0 Å². The second-order valence-corrected chi connectivity index (χ2v) is 8.15. The Morgan fingerprint density at radius 2 is 1.72 bits per heavy atom. The number of aryl methyl sites for hydroxylation is 1. The second kappa shape index (κ2) is 10.1. The lowest BCUT2D eigenvalue weighted by Gasteiger charge is -2.21. The van der Waals surface area contributed by atoms with Gasteiger partial charge in [0.25, 0.3) is 11.8 Å². The molecule has 0 saturated carbocycles. The molecule has 1 aromatic heterocycles. The lowest BCUT2D eigenvalue weighted by Crippen LogP contribution is -2.46. The maximum absolute atomic E-state index is 12.6. The van der Waals surface area contributed by atoms with Crippen molar-refractivity contribution in [2.45, 2.75) is 39.8 Å². The number of fused-ring (bicyclic) bond motifs is 1. The SMILES string of the molecule is Cc1cccc(C(=O)N[C@H](C(=O)OCC(=O)NC(C)c2cc3ccccc3o2)C(C)C)c1. The van der Waals surface area contributed by atoms with Crippen LogP contribution in [0.15, 0.2) is 59.0 Å². The number of rotatable bonds is 8. The van der Waals surface area contributed by atoms with Crippen LogP contribution in [0.5, 0.6) is 0 Å². The number of benzene rings is 2. The van der Waals surface area contributed by atoms with Crippen molar-refractivity contribution in [2.75, 3.05) is 6.61 Å². The number of hydrogen-bond acceptors (Lipinski definition) is 5. The molecule has 0 radical (unpaired) electrons. The first-order valence-electron chi connectivity index (χ1n) is 10.6. The van der Waals surface area contributed by atoms with E-state index in [1.54, 1.807) is 39.0 Å². The molecule has 32 heavy (non-hydrogen) atoms. The third-order valence-corrected chi connectivity index (χ3v) is 5.08. The average Bonchev–Trinajstić information content (AvgIpc) is 3.20. The van der Waals surface area contributed by atoms with Gasteiger partial charge in [0.05, 0.1) is 6.04 Å². The second-order valence-electron chi connectivity index (χ2n) is 8.15. The van der Waals surface area contributed by atoms with Crippen LogP contribution in [-0.2, 0) is 14.3 Å². The van der Waals surface area contributed by atoms with Crippen molar-refractivity contribution in [3.05, 3.63) is 71.5 Å². The minimum atomic E-state index is -0.872. The van der Waals surface area contributed by atoms with Crippen molar-refractivity contribution in [1.82, 2.24) is 10.6 Å². The maximum atomic E-state index is 12.6. The Labute approximate surface area is 187 Å². The maximum Gasteiger partial charge on any atom is 0.329 e. The number of carbonyl (C=O) groups excluding carboxylic acids is 3. The summed E-state index contributed by atoms with van der Waals surface area (Å²) in [7, 11) is 0. The number of carbonyl (C=O) groups is 3. The molecule has 168 valence electrons. The zero-order valence-electron chi connectivity index (χ0n) is 18.7. The molecule has 1 heterocycles. The Bertz CT molecular complexity index is 1090. The summed E-state index contributed by atoms with van der Waals surface area (Å²) in [6.07, 6.45) is 0. The molecule has 7 nitrogen and oxygen atoms in total. The lowest BCUT2D eigenvalue weighted by atomic mass is 10.0. The van der Waals surface area contributed by atoms with Crippen LogP contribution in [0, 0.1) is 12.8 Å². The van der Waals surface area contributed by atoms with Gasteiger partial charge in [-0.25, -0.2) is 4.79 Å². The highest BCUT2D eigenvalue weighted by Crippen LogP contribution is 2.23. The number of ether oxygens (including phenoxy) is 1. The highest BCUT2D eigenvalue weighted by atomic mass is 16.5. The third-order valence-electron chi connectivity index (χ3n) is 5.08. The number of nitrogens with one attached hydrogen (secondary N) is 2. The first-order valence-corrected chi connectivity index (χ1v) is 10.6. The van der Waals surface area contributed by atoms with Crippen LogP contribution in [0.4, 0.5) is 0 Å². The summed E-state index contributed by atoms with van der Waals surface area (Å²) in [4.78, 5) is 37.4. The van der Waals surface area contributed by atoms with E-state index in [1.807, 2.05) is 43.3 Å². The number of amides is 2. The van der Waals surface area contributed by atoms with Gasteiger partial charge in [0.2, 0.25) is 0 Å². The number of esters is 1. The van der Waals surface area contributed by atoms with Crippen LogP contribution < -0.4 is 10.6 Å². The highest BCUT2D eigenvalue weighted by molar-refractivity contribution is 5.97. The number of furan rings is 1. The fourth-order valence-corrected chi connectivity index (χ4v) is 3.31. The van der Waals surface area contributed by atoms with Gasteiger partial charge in [-0.3, -0.25) is 9.59 Å². The van der Waals surface area contributed by atoms with Crippen LogP contribution in [-0.4, -0.2) is 30.4 Å². The van der Waals surface area contributed by atoms with Crippen LogP contribution in [0.1, 0.15) is 48.5 Å². The molecule has 0 aliphatic carbocycles. The van der Waals surface area contributed by atoms with Gasteiger partial charge >= 0.3 is 5.97 Å². The van der Waals surface area contributed by atoms with E-state index in [1.165, 1.54) is 0 Å². The third kappa shape index (κ3) is 5.75. The van der Waals surface area contributed by atoms with Crippen LogP contribution in [0.25, 0.3) is 11.0 Å². The van der Waals surface area contributed by atoms with Gasteiger partial charge in [-0.15, -0.1) is 0 Å². The average molecular weight is 437 g/mol. The van der Waals surface area contributed by atoms with Crippen molar-refractivity contribution < 1.29 is 23.5 Å². The summed E-state index contributed by atoms with van der Waals surface area (Å²) in [5.74, 6) is -1.09. The van der Waals surface area contributed by atoms with E-state index < -0.39 is 30.6 Å². The van der Waals surface area contributed by atoms with E-state index in [2.05, 4.69) is 10.6 Å². The summed E-state index contributed by atoms with van der Waals surface area (Å²) in [6, 6.07) is 15.2. The first kappa shape index (κ1) is 23.1. The molecule has 1 unspecified atom stereocenters. The van der Waals surface area contributed by atoms with E-state index in [9.17, 15) is 14.4 Å². The molecule has 0 aliphatic heterocycles. The molecule has 0 aliphatic rings. The number of para-hydroxylation sites is 1. The van der Waals surface area contributed by atoms with Crippen molar-refractivity contribution in [3.8, 4) is 0 Å². The standard InChI is InChI=1S/C25H28N2O5/c1-15(2)23(27-24(29)19-10-7-8-16(3)12-19)25(30)31-14-22(28)26-17(4)21-13-18-9-5-6-11-20(18)32-21/h5-13,15,17,23H,14H2,1-4H3,(H,26,28)(H,27,29)/t17?,23-/m0/s1. The predicted molar refractivity (Wildman–Crippen MR) is 121 cm³/mol. The Morgan fingerprint density at radius 3 is 2.41 bits per heavy atom. The quantitative estimate of drug-likeness (QED) is 0.522. The molecule has 0 fully saturated rings. The van der Waals surface area contributed by atoms with Gasteiger partial charge in [-0.2, -0.15) is 0 Å². The fourth-order valence-electron chi connectivity index (χ4n) is 3.31. The number of hydrogen-bond donors (Lipinski definition) is 2. The minimum absolute atomic E-state index is 0.214. The molecule has 0 spiro atoms. The molecule has 2 atom stereocenters. The molecular weight excluding hydrogens is 408 g/mol.